The molecule has 0 fully saturated rings. The third-order valence-corrected chi connectivity index (χ3v) is 4.32. The number of hydrogen-bond donors (Lipinski definition) is 1. The minimum absolute atomic E-state index is 0.00805. The Hall–Kier alpha value is -2.49. The van der Waals surface area contributed by atoms with Gasteiger partial charge in [0.15, 0.2) is 11.5 Å². The predicted molar refractivity (Wildman–Crippen MR) is 93.8 cm³/mol. The molecule has 0 saturated carbocycles. The lowest BCUT2D eigenvalue weighted by Gasteiger charge is -2.21. The van der Waals surface area contributed by atoms with Gasteiger partial charge in [-0.2, -0.15) is 0 Å². The molecule has 1 amide bonds. The molecule has 0 aliphatic carbocycles. The third kappa shape index (κ3) is 3.37. The van der Waals surface area contributed by atoms with Crippen LogP contribution < -0.4 is 14.8 Å². The van der Waals surface area contributed by atoms with E-state index < -0.39 is 0 Å². The van der Waals surface area contributed by atoms with Gasteiger partial charge in [0.05, 0.1) is 6.04 Å². The maximum atomic E-state index is 12.6. The number of ether oxygens (including phenoxy) is 2. The van der Waals surface area contributed by atoms with Gasteiger partial charge in [0.1, 0.15) is 13.2 Å². The summed E-state index contributed by atoms with van der Waals surface area (Å²) >= 11 is 0. The zero-order valence-electron chi connectivity index (χ0n) is 14.4. The van der Waals surface area contributed by atoms with Crippen molar-refractivity contribution < 1.29 is 14.3 Å². The first-order chi connectivity index (χ1) is 11.6. The van der Waals surface area contributed by atoms with Crippen molar-refractivity contribution in [3.8, 4) is 11.5 Å². The molecular weight excluding hydrogens is 302 g/mol. The van der Waals surface area contributed by atoms with Gasteiger partial charge in [-0.25, -0.2) is 0 Å². The molecule has 0 bridgehead atoms. The number of fused-ring (bicyclic) bond motifs is 1. The Bertz CT molecular complexity index is 755. The molecule has 24 heavy (non-hydrogen) atoms. The summed E-state index contributed by atoms with van der Waals surface area (Å²) in [6, 6.07) is 11.6. The van der Waals surface area contributed by atoms with E-state index >= 15 is 0 Å². The van der Waals surface area contributed by atoms with E-state index in [1.165, 1.54) is 11.1 Å². The smallest absolute Gasteiger partial charge is 0.251 e. The zero-order valence-corrected chi connectivity index (χ0v) is 14.4. The molecule has 0 radical (unpaired) electrons. The molecule has 0 saturated heterocycles. The van der Waals surface area contributed by atoms with Gasteiger partial charge >= 0.3 is 0 Å². The molecule has 1 atom stereocenters. The summed E-state index contributed by atoms with van der Waals surface area (Å²) in [6.45, 7) is 7.29. The lowest BCUT2D eigenvalue weighted by atomic mass is 9.97. The van der Waals surface area contributed by atoms with Crippen molar-refractivity contribution >= 4 is 5.91 Å². The fraction of sp³-hybridized carbons (Fsp3) is 0.350. The molecule has 1 aliphatic rings. The molecule has 4 nitrogen and oxygen atoms in total. The molecule has 0 spiro atoms. The Labute approximate surface area is 142 Å². The van der Waals surface area contributed by atoms with Gasteiger partial charge in [-0.3, -0.25) is 4.79 Å². The fourth-order valence-corrected chi connectivity index (χ4v) is 3.04. The molecule has 1 aliphatic heterocycles. The van der Waals surface area contributed by atoms with Crippen molar-refractivity contribution in [2.75, 3.05) is 13.2 Å². The third-order valence-electron chi connectivity index (χ3n) is 4.32. The molecular formula is C20H23NO3. The van der Waals surface area contributed by atoms with E-state index in [4.69, 9.17) is 9.47 Å². The number of rotatable bonds is 4. The van der Waals surface area contributed by atoms with Crippen molar-refractivity contribution in [1.82, 2.24) is 5.32 Å². The monoisotopic (exact) mass is 325 g/mol. The summed E-state index contributed by atoms with van der Waals surface area (Å²) in [4.78, 5) is 12.6. The molecule has 126 valence electrons. The first-order valence-electron chi connectivity index (χ1n) is 8.36. The van der Waals surface area contributed by atoms with Crippen LogP contribution in [0.1, 0.15) is 46.4 Å². The van der Waals surface area contributed by atoms with Crippen LogP contribution in [0, 0.1) is 13.8 Å². The average molecular weight is 325 g/mol. The molecule has 1 heterocycles. The van der Waals surface area contributed by atoms with Crippen LogP contribution in [0.25, 0.3) is 0 Å². The van der Waals surface area contributed by atoms with Crippen LogP contribution in [0.4, 0.5) is 0 Å². The van der Waals surface area contributed by atoms with Crippen molar-refractivity contribution in [3.63, 3.8) is 0 Å². The molecule has 1 N–H and O–H groups in total. The molecule has 0 aromatic heterocycles. The summed E-state index contributed by atoms with van der Waals surface area (Å²) in [5.74, 6) is 1.23. The van der Waals surface area contributed by atoms with E-state index in [0.29, 0.717) is 30.3 Å². The predicted octanol–water partition coefficient (Wildman–Crippen LogP) is 3.96. The molecule has 3 rings (SSSR count). The van der Waals surface area contributed by atoms with E-state index in [1.54, 1.807) is 18.2 Å². The Morgan fingerprint density at radius 3 is 2.54 bits per heavy atom. The maximum Gasteiger partial charge on any atom is 0.251 e. The molecule has 4 heteroatoms. The highest BCUT2D eigenvalue weighted by atomic mass is 16.6. The summed E-state index contributed by atoms with van der Waals surface area (Å²) < 4.78 is 11.1. The highest BCUT2D eigenvalue weighted by Crippen LogP contribution is 2.31. The minimum atomic E-state index is -0.0983. The number of hydrogen-bond acceptors (Lipinski definition) is 3. The van der Waals surface area contributed by atoms with Gasteiger partial charge in [0.2, 0.25) is 0 Å². The van der Waals surface area contributed by atoms with Crippen molar-refractivity contribution in [2.24, 2.45) is 0 Å². The first kappa shape index (κ1) is 16.4. The summed E-state index contributed by atoms with van der Waals surface area (Å²) in [5, 5.41) is 3.13. The Morgan fingerprint density at radius 1 is 1.08 bits per heavy atom. The molecule has 2 aromatic rings. The van der Waals surface area contributed by atoms with Crippen molar-refractivity contribution in [1.29, 1.82) is 0 Å². The standard InChI is InChI=1S/C20H23NO3/c1-4-17(16-7-5-13(2)11-14(16)3)21-20(22)15-6-8-18-19(12-15)24-10-9-23-18/h5-8,11-12,17H,4,9-10H2,1-3H3,(H,21,22)/t17-/m1/s1. The van der Waals surface area contributed by atoms with Gasteiger partial charge in [-0.05, 0) is 49.6 Å². The number of carbonyl (C=O) groups is 1. The van der Waals surface area contributed by atoms with Gasteiger partial charge in [0.25, 0.3) is 5.91 Å². The quantitative estimate of drug-likeness (QED) is 0.926. The van der Waals surface area contributed by atoms with Gasteiger partial charge in [-0.1, -0.05) is 30.7 Å². The van der Waals surface area contributed by atoms with Crippen molar-refractivity contribution in [3.05, 3.63) is 58.7 Å². The maximum absolute atomic E-state index is 12.6. The van der Waals surface area contributed by atoms with Crippen LogP contribution in [0.15, 0.2) is 36.4 Å². The van der Waals surface area contributed by atoms with E-state index in [1.807, 2.05) is 0 Å². The topological polar surface area (TPSA) is 47.6 Å². The van der Waals surface area contributed by atoms with E-state index in [0.717, 1.165) is 12.0 Å². The highest BCUT2D eigenvalue weighted by Gasteiger charge is 2.18. The average Bonchev–Trinajstić information content (AvgIpc) is 2.59. The van der Waals surface area contributed by atoms with Crippen LogP contribution in [0.5, 0.6) is 11.5 Å². The Kier molecular flexibility index (Phi) is 4.74. The van der Waals surface area contributed by atoms with Crippen LogP contribution in [-0.2, 0) is 0 Å². The number of nitrogens with one attached hydrogen (secondary N) is 1. The van der Waals surface area contributed by atoms with E-state index in [2.05, 4.69) is 44.3 Å². The number of benzene rings is 2. The summed E-state index contributed by atoms with van der Waals surface area (Å²) in [7, 11) is 0. The Morgan fingerprint density at radius 2 is 1.83 bits per heavy atom. The van der Waals surface area contributed by atoms with Crippen molar-refractivity contribution in [2.45, 2.75) is 33.2 Å². The van der Waals surface area contributed by atoms with E-state index in [9.17, 15) is 4.79 Å². The van der Waals surface area contributed by atoms with Crippen LogP contribution in [0.2, 0.25) is 0 Å². The number of aryl methyl sites for hydroxylation is 2. The van der Waals surface area contributed by atoms with Gasteiger partial charge < -0.3 is 14.8 Å². The van der Waals surface area contributed by atoms with Gasteiger partial charge in [0, 0.05) is 5.56 Å². The first-order valence-corrected chi connectivity index (χ1v) is 8.36. The lowest BCUT2D eigenvalue weighted by Crippen LogP contribution is -2.29. The van der Waals surface area contributed by atoms with E-state index in [-0.39, 0.29) is 11.9 Å². The normalized spacial score (nSPS) is 14.1. The number of carbonyl (C=O) groups excluding carboxylic acids is 1. The SMILES string of the molecule is CC[C@@H](NC(=O)c1ccc2c(c1)OCCO2)c1ccc(C)cc1C. The van der Waals surface area contributed by atoms with Gasteiger partial charge in [-0.15, -0.1) is 0 Å². The second-order valence-corrected chi connectivity index (χ2v) is 6.15. The fourth-order valence-electron chi connectivity index (χ4n) is 3.04. The highest BCUT2D eigenvalue weighted by molar-refractivity contribution is 5.95. The Balaban J connectivity index is 1.79. The zero-order chi connectivity index (χ0) is 17.1. The lowest BCUT2D eigenvalue weighted by molar-refractivity contribution is 0.0934. The molecule has 0 unspecified atom stereocenters. The minimum Gasteiger partial charge on any atom is -0.486 e. The number of amides is 1. The second-order valence-electron chi connectivity index (χ2n) is 6.15. The van der Waals surface area contributed by atoms with Crippen LogP contribution in [0.3, 0.4) is 0 Å². The largest absolute Gasteiger partial charge is 0.486 e. The van der Waals surface area contributed by atoms with Crippen LogP contribution >= 0.6 is 0 Å². The molecule has 2 aromatic carbocycles. The summed E-state index contributed by atoms with van der Waals surface area (Å²) in [6.07, 6.45) is 0.834. The summed E-state index contributed by atoms with van der Waals surface area (Å²) in [5.41, 5.74) is 4.17. The van der Waals surface area contributed by atoms with Crippen LogP contribution in [-0.4, -0.2) is 19.1 Å². The second kappa shape index (κ2) is 6.95.